The van der Waals surface area contributed by atoms with Gasteiger partial charge in [-0.05, 0) is 30.5 Å². The molecule has 0 saturated carbocycles. The highest BCUT2D eigenvalue weighted by atomic mass is 35.5. The van der Waals surface area contributed by atoms with Gasteiger partial charge in [-0.2, -0.15) is 0 Å². The molecule has 0 radical (unpaired) electrons. The lowest BCUT2D eigenvalue weighted by atomic mass is 10.0. The molecular weight excluding hydrogens is 231 g/mol. The second kappa shape index (κ2) is 5.55. The molecule has 0 aromatic heterocycles. The molecule has 15 heavy (non-hydrogen) atoms. The lowest BCUT2D eigenvalue weighted by molar-refractivity contribution is 0.177. The van der Waals surface area contributed by atoms with Gasteiger partial charge in [-0.1, -0.05) is 48.3 Å². The van der Waals surface area contributed by atoms with Gasteiger partial charge in [-0.3, -0.25) is 0 Å². The molecule has 1 rings (SSSR count). The molecule has 1 aromatic rings. The van der Waals surface area contributed by atoms with E-state index in [9.17, 15) is 5.11 Å². The first-order valence-corrected chi connectivity index (χ1v) is 5.59. The maximum absolute atomic E-state index is 9.87. The number of benzene rings is 1. The summed E-state index contributed by atoms with van der Waals surface area (Å²) in [5, 5.41) is 10.8. The lowest BCUT2D eigenvalue weighted by Crippen LogP contribution is -1.98. The van der Waals surface area contributed by atoms with E-state index in [0.29, 0.717) is 16.5 Å². The Kier molecular flexibility index (Phi) is 4.65. The van der Waals surface area contributed by atoms with Crippen LogP contribution in [0.1, 0.15) is 31.4 Å². The first-order chi connectivity index (χ1) is 7.04. The summed E-state index contributed by atoms with van der Waals surface area (Å²) in [6.45, 7) is 5.88. The van der Waals surface area contributed by atoms with Crippen molar-refractivity contribution in [2.45, 2.75) is 25.9 Å². The molecule has 1 nitrogen and oxygen atoms in total. The Labute approximate surface area is 100 Å². The second-order valence-electron chi connectivity index (χ2n) is 3.50. The Balaban J connectivity index is 2.78. The molecule has 82 valence electrons. The Hall–Kier alpha value is -0.500. The number of halogens is 2. The summed E-state index contributed by atoms with van der Waals surface area (Å²) < 4.78 is 0. The largest absolute Gasteiger partial charge is 0.388 e. The summed E-state index contributed by atoms with van der Waals surface area (Å²) in [6, 6.07) is 5.16. The third kappa shape index (κ3) is 3.53. The van der Waals surface area contributed by atoms with Gasteiger partial charge in [0.15, 0.2) is 0 Å². The summed E-state index contributed by atoms with van der Waals surface area (Å²) in [5.41, 5.74) is 1.80. The van der Waals surface area contributed by atoms with Crippen LogP contribution in [0.3, 0.4) is 0 Å². The zero-order valence-electron chi connectivity index (χ0n) is 8.63. The SMILES string of the molecule is C=C(CC)CC(O)c1ccc(Cl)c(Cl)c1. The third-order valence-electron chi connectivity index (χ3n) is 2.31. The molecule has 0 saturated heterocycles. The highest BCUT2D eigenvalue weighted by Gasteiger charge is 2.10. The summed E-state index contributed by atoms with van der Waals surface area (Å²) >= 11 is 11.7. The Morgan fingerprint density at radius 3 is 2.60 bits per heavy atom. The quantitative estimate of drug-likeness (QED) is 0.780. The van der Waals surface area contributed by atoms with E-state index < -0.39 is 6.10 Å². The zero-order chi connectivity index (χ0) is 11.4. The average molecular weight is 245 g/mol. The van der Waals surface area contributed by atoms with E-state index in [0.717, 1.165) is 17.6 Å². The first-order valence-electron chi connectivity index (χ1n) is 4.84. The molecule has 0 bridgehead atoms. The minimum atomic E-state index is -0.549. The number of aliphatic hydroxyl groups is 1. The molecule has 0 aliphatic heterocycles. The summed E-state index contributed by atoms with van der Waals surface area (Å²) in [7, 11) is 0. The molecule has 1 aromatic carbocycles. The van der Waals surface area contributed by atoms with Crippen LogP contribution < -0.4 is 0 Å². The van der Waals surface area contributed by atoms with Crippen molar-refractivity contribution in [3.05, 3.63) is 46.0 Å². The van der Waals surface area contributed by atoms with Crippen molar-refractivity contribution in [3.8, 4) is 0 Å². The predicted octanol–water partition coefficient (Wildman–Crippen LogP) is 4.38. The fourth-order valence-corrected chi connectivity index (χ4v) is 1.56. The first kappa shape index (κ1) is 12.6. The molecule has 0 heterocycles. The van der Waals surface area contributed by atoms with Crippen molar-refractivity contribution < 1.29 is 5.11 Å². The summed E-state index contributed by atoms with van der Waals surface area (Å²) in [4.78, 5) is 0. The van der Waals surface area contributed by atoms with Crippen molar-refractivity contribution in [2.75, 3.05) is 0 Å². The molecule has 0 amide bonds. The van der Waals surface area contributed by atoms with Crippen LogP contribution in [0.15, 0.2) is 30.4 Å². The Morgan fingerprint density at radius 1 is 1.40 bits per heavy atom. The van der Waals surface area contributed by atoms with E-state index >= 15 is 0 Å². The maximum atomic E-state index is 9.87. The fourth-order valence-electron chi connectivity index (χ4n) is 1.26. The van der Waals surface area contributed by atoms with E-state index in [2.05, 4.69) is 6.58 Å². The highest BCUT2D eigenvalue weighted by Crippen LogP contribution is 2.28. The van der Waals surface area contributed by atoms with Gasteiger partial charge < -0.3 is 5.11 Å². The van der Waals surface area contributed by atoms with Gasteiger partial charge in [0.2, 0.25) is 0 Å². The fraction of sp³-hybridized carbons (Fsp3) is 0.333. The molecule has 3 heteroatoms. The van der Waals surface area contributed by atoms with Crippen LogP contribution in [0, 0.1) is 0 Å². The van der Waals surface area contributed by atoms with Gasteiger partial charge in [-0.15, -0.1) is 0 Å². The normalized spacial score (nSPS) is 12.5. The van der Waals surface area contributed by atoms with Crippen LogP contribution in [0.25, 0.3) is 0 Å². The van der Waals surface area contributed by atoms with Crippen molar-refractivity contribution in [1.82, 2.24) is 0 Å². The van der Waals surface area contributed by atoms with Crippen molar-refractivity contribution in [3.63, 3.8) is 0 Å². The number of hydrogen-bond donors (Lipinski definition) is 1. The van der Waals surface area contributed by atoms with E-state index in [1.807, 2.05) is 6.92 Å². The maximum Gasteiger partial charge on any atom is 0.0827 e. The molecule has 0 aliphatic carbocycles. The van der Waals surface area contributed by atoms with Crippen LogP contribution in [-0.4, -0.2) is 5.11 Å². The topological polar surface area (TPSA) is 20.2 Å². The molecule has 0 fully saturated rings. The number of rotatable bonds is 4. The Morgan fingerprint density at radius 2 is 2.07 bits per heavy atom. The van der Waals surface area contributed by atoms with Crippen LogP contribution >= 0.6 is 23.2 Å². The number of hydrogen-bond acceptors (Lipinski definition) is 1. The van der Waals surface area contributed by atoms with Gasteiger partial charge in [0.05, 0.1) is 16.1 Å². The Bertz CT molecular complexity index is 361. The average Bonchev–Trinajstić information content (AvgIpc) is 2.21. The smallest absolute Gasteiger partial charge is 0.0827 e. The summed E-state index contributed by atoms with van der Waals surface area (Å²) in [5.74, 6) is 0. The zero-order valence-corrected chi connectivity index (χ0v) is 10.1. The van der Waals surface area contributed by atoms with E-state index in [4.69, 9.17) is 23.2 Å². The second-order valence-corrected chi connectivity index (χ2v) is 4.31. The van der Waals surface area contributed by atoms with Crippen LogP contribution in [0.5, 0.6) is 0 Å². The highest BCUT2D eigenvalue weighted by molar-refractivity contribution is 6.42. The van der Waals surface area contributed by atoms with Crippen LogP contribution in [0.4, 0.5) is 0 Å². The van der Waals surface area contributed by atoms with Gasteiger partial charge in [-0.25, -0.2) is 0 Å². The lowest BCUT2D eigenvalue weighted by Gasteiger charge is -2.12. The molecule has 0 spiro atoms. The van der Waals surface area contributed by atoms with Crippen molar-refractivity contribution >= 4 is 23.2 Å². The van der Waals surface area contributed by atoms with Crippen LogP contribution in [0.2, 0.25) is 10.0 Å². The van der Waals surface area contributed by atoms with Crippen molar-refractivity contribution in [2.24, 2.45) is 0 Å². The molecule has 0 aliphatic rings. The summed E-state index contributed by atoms with van der Waals surface area (Å²) in [6.07, 6.45) is 0.888. The minimum Gasteiger partial charge on any atom is -0.388 e. The van der Waals surface area contributed by atoms with Gasteiger partial charge in [0.25, 0.3) is 0 Å². The third-order valence-corrected chi connectivity index (χ3v) is 3.05. The predicted molar refractivity (Wildman–Crippen MR) is 65.5 cm³/mol. The van der Waals surface area contributed by atoms with E-state index in [1.54, 1.807) is 18.2 Å². The molecular formula is C12H14Cl2O. The molecule has 1 atom stereocenters. The monoisotopic (exact) mass is 244 g/mol. The van der Waals surface area contributed by atoms with Gasteiger partial charge in [0.1, 0.15) is 0 Å². The standard InChI is InChI=1S/C12H14Cl2O/c1-3-8(2)6-12(15)9-4-5-10(13)11(14)7-9/h4-5,7,12,15H,2-3,6H2,1H3. The minimum absolute atomic E-state index is 0.468. The van der Waals surface area contributed by atoms with Gasteiger partial charge >= 0.3 is 0 Å². The molecule has 1 unspecified atom stereocenters. The van der Waals surface area contributed by atoms with Crippen molar-refractivity contribution in [1.29, 1.82) is 0 Å². The van der Waals surface area contributed by atoms with E-state index in [1.165, 1.54) is 0 Å². The van der Waals surface area contributed by atoms with Gasteiger partial charge in [0, 0.05) is 0 Å². The van der Waals surface area contributed by atoms with E-state index in [-0.39, 0.29) is 0 Å². The number of aliphatic hydroxyl groups excluding tert-OH is 1. The molecule has 1 N–H and O–H groups in total. The van der Waals surface area contributed by atoms with Crippen LogP contribution in [-0.2, 0) is 0 Å².